The van der Waals surface area contributed by atoms with Crippen molar-refractivity contribution in [1.29, 1.82) is 0 Å². The Labute approximate surface area is 136 Å². The highest BCUT2D eigenvalue weighted by Gasteiger charge is 2.13. The summed E-state index contributed by atoms with van der Waals surface area (Å²) in [6.07, 6.45) is -1.18. The Morgan fingerprint density at radius 2 is 1.75 bits per heavy atom. The van der Waals surface area contributed by atoms with Crippen LogP contribution in [0.5, 0.6) is 0 Å². The first-order chi connectivity index (χ1) is 11.5. The van der Waals surface area contributed by atoms with Gasteiger partial charge >= 0.3 is 0 Å². The monoisotopic (exact) mass is 328 g/mol. The summed E-state index contributed by atoms with van der Waals surface area (Å²) in [5.41, 5.74) is 1.19. The van der Waals surface area contributed by atoms with Crippen molar-refractivity contribution in [3.8, 4) is 11.3 Å². The molecule has 1 atom stereocenters. The van der Waals surface area contributed by atoms with Gasteiger partial charge in [-0.3, -0.25) is 4.79 Å². The molecule has 6 heteroatoms. The fourth-order valence-electron chi connectivity index (χ4n) is 2.33. The number of halogens is 2. The maximum atomic E-state index is 13.3. The summed E-state index contributed by atoms with van der Waals surface area (Å²) < 4.78 is 27.3. The zero-order valence-electron chi connectivity index (χ0n) is 12.6. The van der Waals surface area contributed by atoms with Crippen LogP contribution in [0.4, 0.5) is 8.78 Å². The summed E-state index contributed by atoms with van der Waals surface area (Å²) in [6.45, 7) is -0.162. The molecule has 0 aliphatic carbocycles. The van der Waals surface area contributed by atoms with Gasteiger partial charge in [0.2, 0.25) is 0 Å². The number of nitrogens with zero attached hydrogens (tertiary/aromatic N) is 2. The number of hydrogen-bond acceptors (Lipinski definition) is 3. The van der Waals surface area contributed by atoms with Gasteiger partial charge in [0.1, 0.15) is 0 Å². The topological polar surface area (TPSA) is 55.1 Å². The Morgan fingerprint density at radius 1 is 1.00 bits per heavy atom. The van der Waals surface area contributed by atoms with Crippen LogP contribution in [-0.4, -0.2) is 14.9 Å². The van der Waals surface area contributed by atoms with Gasteiger partial charge in [-0.05, 0) is 23.8 Å². The summed E-state index contributed by atoms with van der Waals surface area (Å²) in [7, 11) is 0. The van der Waals surface area contributed by atoms with Gasteiger partial charge in [0.25, 0.3) is 5.56 Å². The minimum atomic E-state index is -1.18. The third-order valence-corrected chi connectivity index (χ3v) is 3.61. The van der Waals surface area contributed by atoms with Crippen molar-refractivity contribution in [2.45, 2.75) is 12.6 Å². The predicted octanol–water partition coefficient (Wildman–Crippen LogP) is 2.92. The van der Waals surface area contributed by atoms with Crippen LogP contribution >= 0.6 is 0 Å². The average molecular weight is 328 g/mol. The van der Waals surface area contributed by atoms with Gasteiger partial charge in [-0.1, -0.05) is 36.4 Å². The third-order valence-electron chi connectivity index (χ3n) is 3.61. The van der Waals surface area contributed by atoms with E-state index in [1.165, 1.54) is 12.1 Å². The molecule has 0 saturated heterocycles. The van der Waals surface area contributed by atoms with E-state index in [2.05, 4.69) is 5.10 Å². The fraction of sp³-hybridized carbons (Fsp3) is 0.111. The number of benzene rings is 2. The molecule has 2 aromatic carbocycles. The summed E-state index contributed by atoms with van der Waals surface area (Å²) in [6, 6.07) is 15.3. The van der Waals surface area contributed by atoms with E-state index in [4.69, 9.17) is 0 Å². The molecule has 1 unspecified atom stereocenters. The smallest absolute Gasteiger partial charge is 0.266 e. The summed E-state index contributed by atoms with van der Waals surface area (Å²) in [5, 5.41) is 14.4. The van der Waals surface area contributed by atoms with Crippen LogP contribution in [0.15, 0.2) is 65.5 Å². The fourth-order valence-corrected chi connectivity index (χ4v) is 2.33. The van der Waals surface area contributed by atoms with Gasteiger partial charge in [-0.2, -0.15) is 5.10 Å². The van der Waals surface area contributed by atoms with Crippen molar-refractivity contribution < 1.29 is 13.9 Å². The largest absolute Gasteiger partial charge is 0.386 e. The van der Waals surface area contributed by atoms with E-state index in [-0.39, 0.29) is 12.1 Å². The molecular formula is C18H14F2N2O2. The molecule has 3 aromatic rings. The van der Waals surface area contributed by atoms with Gasteiger partial charge in [0, 0.05) is 11.6 Å². The maximum Gasteiger partial charge on any atom is 0.266 e. The molecule has 0 saturated carbocycles. The maximum absolute atomic E-state index is 13.3. The summed E-state index contributed by atoms with van der Waals surface area (Å²) in [4.78, 5) is 11.9. The Bertz CT molecular complexity index is 910. The average Bonchev–Trinajstić information content (AvgIpc) is 2.60. The minimum absolute atomic E-state index is 0.162. The number of aliphatic hydroxyl groups excluding tert-OH is 1. The molecule has 122 valence electrons. The zero-order chi connectivity index (χ0) is 17.1. The molecule has 1 N–H and O–H groups in total. The minimum Gasteiger partial charge on any atom is -0.386 e. The second-order valence-corrected chi connectivity index (χ2v) is 5.29. The second kappa shape index (κ2) is 6.72. The van der Waals surface area contributed by atoms with Gasteiger partial charge in [-0.15, -0.1) is 0 Å². The second-order valence-electron chi connectivity index (χ2n) is 5.29. The van der Waals surface area contributed by atoms with Gasteiger partial charge in [-0.25, -0.2) is 13.5 Å². The number of aliphatic hydroxyl groups is 1. The predicted molar refractivity (Wildman–Crippen MR) is 85.3 cm³/mol. The Hall–Kier alpha value is -2.86. The highest BCUT2D eigenvalue weighted by Crippen LogP contribution is 2.18. The standard InChI is InChI=1S/C18H14F2N2O2/c19-14-7-6-13(10-15(14)20)17(23)11-22-18(24)9-8-16(21-22)12-4-2-1-3-5-12/h1-10,17,23H,11H2. The van der Waals surface area contributed by atoms with E-state index in [1.54, 1.807) is 6.07 Å². The first kappa shape index (κ1) is 16.0. The molecule has 0 radical (unpaired) electrons. The molecule has 0 bridgehead atoms. The van der Waals surface area contributed by atoms with Crippen LogP contribution in [0.2, 0.25) is 0 Å². The summed E-state index contributed by atoms with van der Waals surface area (Å²) in [5.74, 6) is -2.04. The number of hydrogen-bond donors (Lipinski definition) is 1. The van der Waals surface area contributed by atoms with Crippen molar-refractivity contribution in [1.82, 2.24) is 9.78 Å². The van der Waals surface area contributed by atoms with Crippen LogP contribution < -0.4 is 5.56 Å². The highest BCUT2D eigenvalue weighted by molar-refractivity contribution is 5.57. The molecule has 0 aliphatic heterocycles. The molecular weight excluding hydrogens is 314 g/mol. The summed E-state index contributed by atoms with van der Waals surface area (Å²) >= 11 is 0. The van der Waals surface area contributed by atoms with E-state index in [0.717, 1.165) is 22.4 Å². The molecule has 24 heavy (non-hydrogen) atoms. The lowest BCUT2D eigenvalue weighted by Gasteiger charge is -2.13. The lowest BCUT2D eigenvalue weighted by atomic mass is 10.1. The van der Waals surface area contributed by atoms with E-state index in [0.29, 0.717) is 5.69 Å². The number of rotatable bonds is 4. The van der Waals surface area contributed by atoms with E-state index in [1.807, 2.05) is 30.3 Å². The molecule has 0 spiro atoms. The van der Waals surface area contributed by atoms with Gasteiger partial charge in [0.15, 0.2) is 11.6 Å². The van der Waals surface area contributed by atoms with Crippen molar-refractivity contribution in [2.24, 2.45) is 0 Å². The number of aromatic nitrogens is 2. The van der Waals surface area contributed by atoms with E-state index < -0.39 is 23.3 Å². The quantitative estimate of drug-likeness (QED) is 0.801. The Morgan fingerprint density at radius 3 is 2.46 bits per heavy atom. The lowest BCUT2D eigenvalue weighted by molar-refractivity contribution is 0.149. The van der Waals surface area contributed by atoms with Crippen LogP contribution in [0.3, 0.4) is 0 Å². The zero-order valence-corrected chi connectivity index (χ0v) is 12.6. The molecule has 3 rings (SSSR count). The van der Waals surface area contributed by atoms with Crippen LogP contribution in [0.1, 0.15) is 11.7 Å². The van der Waals surface area contributed by atoms with E-state index in [9.17, 15) is 18.7 Å². The molecule has 4 nitrogen and oxygen atoms in total. The van der Waals surface area contributed by atoms with Crippen LogP contribution in [-0.2, 0) is 6.54 Å². The molecule has 1 heterocycles. The molecule has 1 aromatic heterocycles. The van der Waals surface area contributed by atoms with Gasteiger partial charge in [0.05, 0.1) is 18.3 Å². The Kier molecular flexibility index (Phi) is 4.48. The normalized spacial score (nSPS) is 12.1. The SMILES string of the molecule is O=c1ccc(-c2ccccc2)nn1CC(O)c1ccc(F)c(F)c1. The van der Waals surface area contributed by atoms with E-state index >= 15 is 0 Å². The van der Waals surface area contributed by atoms with Crippen molar-refractivity contribution >= 4 is 0 Å². The van der Waals surface area contributed by atoms with Gasteiger partial charge < -0.3 is 5.11 Å². The van der Waals surface area contributed by atoms with Crippen LogP contribution in [0.25, 0.3) is 11.3 Å². The first-order valence-corrected chi connectivity index (χ1v) is 7.31. The Balaban J connectivity index is 1.89. The van der Waals surface area contributed by atoms with Crippen LogP contribution in [0, 0.1) is 11.6 Å². The third kappa shape index (κ3) is 3.38. The van der Waals surface area contributed by atoms with Crippen molar-refractivity contribution in [2.75, 3.05) is 0 Å². The molecule has 0 amide bonds. The highest BCUT2D eigenvalue weighted by atomic mass is 19.2. The molecule has 0 aliphatic rings. The molecule has 0 fully saturated rings. The van der Waals surface area contributed by atoms with Crippen molar-refractivity contribution in [3.63, 3.8) is 0 Å². The lowest BCUT2D eigenvalue weighted by Crippen LogP contribution is -2.25. The first-order valence-electron chi connectivity index (χ1n) is 7.31. The van der Waals surface area contributed by atoms with Crippen molar-refractivity contribution in [3.05, 3.63) is 88.2 Å².